The van der Waals surface area contributed by atoms with Gasteiger partial charge in [-0.05, 0) is 42.7 Å². The molecule has 24 heavy (non-hydrogen) atoms. The summed E-state index contributed by atoms with van der Waals surface area (Å²) in [6, 6.07) is 10.1. The van der Waals surface area contributed by atoms with Gasteiger partial charge in [-0.15, -0.1) is 0 Å². The quantitative estimate of drug-likeness (QED) is 0.789. The fourth-order valence-corrected chi connectivity index (χ4v) is 3.54. The molecule has 0 saturated carbocycles. The Morgan fingerprint density at radius 1 is 1.29 bits per heavy atom. The minimum absolute atomic E-state index is 0.0149. The van der Waals surface area contributed by atoms with Crippen LogP contribution >= 0.6 is 0 Å². The molecular formula is C19H19N3O2. The lowest BCUT2D eigenvalue weighted by Gasteiger charge is -2.20. The number of pyridine rings is 1. The lowest BCUT2D eigenvalue weighted by Crippen LogP contribution is -2.33. The summed E-state index contributed by atoms with van der Waals surface area (Å²) in [5, 5.41) is 9.26. The highest BCUT2D eigenvalue weighted by Crippen LogP contribution is 2.35. The lowest BCUT2D eigenvalue weighted by molar-refractivity contribution is -0.116. The van der Waals surface area contributed by atoms with Crippen molar-refractivity contribution in [3.05, 3.63) is 53.9 Å². The Morgan fingerprint density at radius 2 is 2.12 bits per heavy atom. The number of hydrogen-bond acceptors (Lipinski definition) is 3. The Balaban J connectivity index is 1.76. The molecule has 1 N–H and O–H groups in total. The van der Waals surface area contributed by atoms with Crippen molar-refractivity contribution >= 4 is 17.2 Å². The van der Waals surface area contributed by atoms with Crippen LogP contribution < -0.4 is 4.90 Å². The summed E-state index contributed by atoms with van der Waals surface area (Å²) in [5.41, 5.74) is 5.82. The van der Waals surface area contributed by atoms with Crippen LogP contribution in [-0.4, -0.2) is 26.4 Å². The number of rotatable bonds is 2. The fraction of sp³-hybridized carbons (Fsp3) is 0.263. The third-order valence-electron chi connectivity index (χ3n) is 4.63. The molecule has 3 heterocycles. The smallest absolute Gasteiger partial charge is 0.224 e. The molecule has 3 aromatic rings. The summed E-state index contributed by atoms with van der Waals surface area (Å²) in [4.78, 5) is 18.4. The van der Waals surface area contributed by atoms with Crippen LogP contribution in [0.15, 0.2) is 42.7 Å². The number of carbonyl (C=O) groups is 1. The first-order valence-corrected chi connectivity index (χ1v) is 8.08. The Bertz CT molecular complexity index is 945. The van der Waals surface area contributed by atoms with Gasteiger partial charge in [0.25, 0.3) is 0 Å². The molecule has 0 saturated heterocycles. The van der Waals surface area contributed by atoms with Gasteiger partial charge in [-0.2, -0.15) is 0 Å². The van der Waals surface area contributed by atoms with Crippen molar-refractivity contribution in [2.45, 2.75) is 32.9 Å². The molecule has 1 aromatic carbocycles. The average molecular weight is 321 g/mol. The van der Waals surface area contributed by atoms with Crippen LogP contribution in [0.25, 0.3) is 16.9 Å². The van der Waals surface area contributed by atoms with E-state index < -0.39 is 0 Å². The molecule has 2 aromatic heterocycles. The number of carbonyl (C=O) groups excluding carboxylic acids is 1. The lowest BCUT2D eigenvalue weighted by atomic mass is 10.1. The number of nitrogens with zero attached hydrogens (tertiary/aromatic N) is 3. The van der Waals surface area contributed by atoms with Gasteiger partial charge in [0.15, 0.2) is 0 Å². The van der Waals surface area contributed by atoms with E-state index in [2.05, 4.69) is 18.0 Å². The third kappa shape index (κ3) is 2.29. The summed E-state index contributed by atoms with van der Waals surface area (Å²) >= 11 is 0. The maximum atomic E-state index is 11.8. The molecule has 1 atom stereocenters. The minimum Gasteiger partial charge on any atom is -0.392 e. The molecule has 0 aliphatic carbocycles. The van der Waals surface area contributed by atoms with Crippen LogP contribution in [-0.2, 0) is 17.8 Å². The van der Waals surface area contributed by atoms with Gasteiger partial charge in [0, 0.05) is 36.6 Å². The first-order valence-electron chi connectivity index (χ1n) is 8.08. The summed E-state index contributed by atoms with van der Waals surface area (Å²) < 4.78 is 1.93. The highest BCUT2D eigenvalue weighted by molar-refractivity contribution is 5.95. The van der Waals surface area contributed by atoms with E-state index in [-0.39, 0.29) is 18.6 Å². The highest BCUT2D eigenvalue weighted by atomic mass is 16.3. The largest absolute Gasteiger partial charge is 0.392 e. The first kappa shape index (κ1) is 14.9. The molecule has 0 fully saturated rings. The molecule has 5 heteroatoms. The van der Waals surface area contributed by atoms with E-state index in [9.17, 15) is 9.90 Å². The Hall–Kier alpha value is -2.66. The van der Waals surface area contributed by atoms with Crippen molar-refractivity contribution in [1.29, 1.82) is 0 Å². The van der Waals surface area contributed by atoms with Gasteiger partial charge < -0.3 is 14.4 Å². The molecule has 0 spiro atoms. The van der Waals surface area contributed by atoms with Gasteiger partial charge in [-0.25, -0.2) is 4.98 Å². The number of benzene rings is 1. The van der Waals surface area contributed by atoms with Crippen molar-refractivity contribution in [3.63, 3.8) is 0 Å². The number of amides is 1. The van der Waals surface area contributed by atoms with Crippen LogP contribution in [0.2, 0.25) is 0 Å². The standard InChI is InChI=1S/C19H19N3O2/c1-12-7-16-8-15(4-5-18(16)22(12)13(2)24)17-10-21-9-14(11-23)3-6-19(21)20-17/h3-6,8-10,12,23H,7,11H2,1-2H3. The van der Waals surface area contributed by atoms with E-state index in [1.807, 2.05) is 46.0 Å². The number of hydrogen-bond donors (Lipinski definition) is 1. The molecule has 1 unspecified atom stereocenters. The molecule has 5 nitrogen and oxygen atoms in total. The predicted octanol–water partition coefficient (Wildman–Crippen LogP) is 2.79. The average Bonchev–Trinajstić information content (AvgIpc) is 3.12. The molecule has 0 radical (unpaired) electrons. The number of fused-ring (bicyclic) bond motifs is 2. The van der Waals surface area contributed by atoms with E-state index in [1.165, 1.54) is 5.56 Å². The van der Waals surface area contributed by atoms with Crippen molar-refractivity contribution in [1.82, 2.24) is 9.38 Å². The number of aromatic nitrogens is 2. The zero-order chi connectivity index (χ0) is 16.8. The summed E-state index contributed by atoms with van der Waals surface area (Å²) in [7, 11) is 0. The second kappa shape index (κ2) is 5.46. The molecular weight excluding hydrogens is 302 g/mol. The molecule has 4 rings (SSSR count). The molecule has 1 aliphatic heterocycles. The van der Waals surface area contributed by atoms with E-state index in [1.54, 1.807) is 6.92 Å². The van der Waals surface area contributed by atoms with E-state index >= 15 is 0 Å². The normalized spacial score (nSPS) is 16.6. The summed E-state index contributed by atoms with van der Waals surface area (Å²) in [6.45, 7) is 3.70. The van der Waals surface area contributed by atoms with Gasteiger partial charge in [0.2, 0.25) is 5.91 Å². The van der Waals surface area contributed by atoms with Crippen molar-refractivity contribution in [2.24, 2.45) is 0 Å². The fourth-order valence-electron chi connectivity index (χ4n) is 3.54. The maximum Gasteiger partial charge on any atom is 0.224 e. The zero-order valence-corrected chi connectivity index (χ0v) is 13.7. The SMILES string of the molecule is CC(=O)N1c2ccc(-c3cn4cc(CO)ccc4n3)cc2CC1C. The number of imidazole rings is 1. The Morgan fingerprint density at radius 3 is 2.88 bits per heavy atom. The van der Waals surface area contributed by atoms with Crippen LogP contribution in [0.5, 0.6) is 0 Å². The Labute approximate surface area is 140 Å². The van der Waals surface area contributed by atoms with Gasteiger partial charge in [0.1, 0.15) is 5.65 Å². The van der Waals surface area contributed by atoms with Gasteiger partial charge in [0.05, 0.1) is 12.3 Å². The third-order valence-corrected chi connectivity index (χ3v) is 4.63. The van der Waals surface area contributed by atoms with Crippen LogP contribution in [0.3, 0.4) is 0 Å². The monoisotopic (exact) mass is 321 g/mol. The topological polar surface area (TPSA) is 57.8 Å². The minimum atomic E-state index is 0.0149. The van der Waals surface area contributed by atoms with Crippen molar-refractivity contribution < 1.29 is 9.90 Å². The molecule has 0 bridgehead atoms. The van der Waals surface area contributed by atoms with Crippen LogP contribution in [0, 0.1) is 0 Å². The predicted molar refractivity (Wildman–Crippen MR) is 92.9 cm³/mol. The summed E-state index contributed by atoms with van der Waals surface area (Å²) in [5.74, 6) is 0.0817. The van der Waals surface area contributed by atoms with Gasteiger partial charge >= 0.3 is 0 Å². The number of aliphatic hydroxyl groups is 1. The van der Waals surface area contributed by atoms with Crippen molar-refractivity contribution in [3.8, 4) is 11.3 Å². The summed E-state index contributed by atoms with van der Waals surface area (Å²) in [6.07, 6.45) is 4.72. The van der Waals surface area contributed by atoms with Crippen molar-refractivity contribution in [2.75, 3.05) is 4.90 Å². The second-order valence-corrected chi connectivity index (χ2v) is 6.37. The van der Waals surface area contributed by atoms with E-state index in [0.717, 1.165) is 34.6 Å². The van der Waals surface area contributed by atoms with E-state index in [0.29, 0.717) is 0 Å². The van der Waals surface area contributed by atoms with E-state index in [4.69, 9.17) is 0 Å². The van der Waals surface area contributed by atoms with Crippen LogP contribution in [0.1, 0.15) is 25.0 Å². The second-order valence-electron chi connectivity index (χ2n) is 6.37. The molecule has 1 amide bonds. The zero-order valence-electron chi connectivity index (χ0n) is 13.7. The molecule has 1 aliphatic rings. The maximum absolute atomic E-state index is 11.8. The highest BCUT2D eigenvalue weighted by Gasteiger charge is 2.29. The number of aliphatic hydroxyl groups excluding tert-OH is 1. The first-order chi connectivity index (χ1) is 11.6. The van der Waals surface area contributed by atoms with Gasteiger partial charge in [-0.3, -0.25) is 4.79 Å². The molecule has 122 valence electrons. The van der Waals surface area contributed by atoms with Gasteiger partial charge in [-0.1, -0.05) is 12.1 Å². The number of anilines is 1. The Kier molecular flexibility index (Phi) is 3.39. The van der Waals surface area contributed by atoms with Crippen LogP contribution in [0.4, 0.5) is 5.69 Å².